The summed E-state index contributed by atoms with van der Waals surface area (Å²) >= 11 is 0. The fourth-order valence-corrected chi connectivity index (χ4v) is 3.73. The van der Waals surface area contributed by atoms with E-state index in [4.69, 9.17) is 4.98 Å². The first-order chi connectivity index (χ1) is 11.7. The van der Waals surface area contributed by atoms with Crippen LogP contribution in [0.15, 0.2) is 6.20 Å². The summed E-state index contributed by atoms with van der Waals surface area (Å²) in [6, 6.07) is 0.395. The molecule has 4 rings (SSSR count). The maximum Gasteiger partial charge on any atom is 0.163 e. The molecule has 3 heterocycles. The van der Waals surface area contributed by atoms with Crippen LogP contribution in [0.4, 0.5) is 5.82 Å². The summed E-state index contributed by atoms with van der Waals surface area (Å²) in [4.78, 5) is 14.2. The van der Waals surface area contributed by atoms with E-state index >= 15 is 0 Å². The van der Waals surface area contributed by atoms with E-state index in [0.717, 1.165) is 54.6 Å². The molecule has 0 aromatic carbocycles. The maximum atomic E-state index is 9.48. The number of rotatable bonds is 5. The van der Waals surface area contributed by atoms with Crippen molar-refractivity contribution in [1.82, 2.24) is 24.6 Å². The van der Waals surface area contributed by atoms with Gasteiger partial charge in [0.15, 0.2) is 5.65 Å². The van der Waals surface area contributed by atoms with E-state index < -0.39 is 0 Å². The van der Waals surface area contributed by atoms with Crippen LogP contribution < -0.4 is 4.90 Å². The fraction of sp³-hybridized carbons (Fsp3) is 0.706. The second kappa shape index (κ2) is 6.29. The summed E-state index contributed by atoms with van der Waals surface area (Å²) in [7, 11) is 1.92. The van der Waals surface area contributed by atoms with Crippen molar-refractivity contribution in [2.75, 3.05) is 37.7 Å². The zero-order valence-corrected chi connectivity index (χ0v) is 14.5. The van der Waals surface area contributed by atoms with Gasteiger partial charge < -0.3 is 10.0 Å². The normalized spacial score (nSPS) is 22.5. The standard InChI is InChI=1S/C17H26N6O/c1-12-19-16-15(9-18-21(16)2)17(20-12)23-7-6-22(10-13-3-4-13)14(11-23)5-8-24/h9,13-14,24H,3-8,10-11H2,1-2H3/t14-/m0/s1. The van der Waals surface area contributed by atoms with E-state index in [0.29, 0.717) is 6.04 Å². The molecule has 0 amide bonds. The lowest BCUT2D eigenvalue weighted by molar-refractivity contribution is 0.137. The summed E-state index contributed by atoms with van der Waals surface area (Å²) in [5, 5.41) is 14.8. The van der Waals surface area contributed by atoms with Crippen molar-refractivity contribution in [2.24, 2.45) is 13.0 Å². The molecule has 0 radical (unpaired) electrons. The van der Waals surface area contributed by atoms with Crippen molar-refractivity contribution in [3.63, 3.8) is 0 Å². The largest absolute Gasteiger partial charge is 0.396 e. The Morgan fingerprint density at radius 1 is 1.25 bits per heavy atom. The highest BCUT2D eigenvalue weighted by molar-refractivity contribution is 5.87. The molecular formula is C17H26N6O. The van der Waals surface area contributed by atoms with Crippen LogP contribution >= 0.6 is 0 Å². The number of hydrogen-bond donors (Lipinski definition) is 1. The predicted molar refractivity (Wildman–Crippen MR) is 93.0 cm³/mol. The van der Waals surface area contributed by atoms with Crippen molar-refractivity contribution in [3.8, 4) is 0 Å². The van der Waals surface area contributed by atoms with Gasteiger partial charge in [-0.1, -0.05) is 0 Å². The Kier molecular flexibility index (Phi) is 4.14. The molecule has 2 fully saturated rings. The Labute approximate surface area is 142 Å². The van der Waals surface area contributed by atoms with Gasteiger partial charge in [-0.05, 0) is 32.1 Å². The molecule has 0 unspecified atom stereocenters. The minimum Gasteiger partial charge on any atom is -0.396 e. The van der Waals surface area contributed by atoms with Gasteiger partial charge in [-0.25, -0.2) is 9.97 Å². The highest BCUT2D eigenvalue weighted by Gasteiger charge is 2.32. The quantitative estimate of drug-likeness (QED) is 0.880. The molecule has 2 aromatic heterocycles. The van der Waals surface area contributed by atoms with Gasteiger partial charge >= 0.3 is 0 Å². The highest BCUT2D eigenvalue weighted by Crippen LogP contribution is 2.32. The lowest BCUT2D eigenvalue weighted by Crippen LogP contribution is -2.54. The van der Waals surface area contributed by atoms with Gasteiger partial charge in [0.05, 0.1) is 11.6 Å². The lowest BCUT2D eigenvalue weighted by Gasteiger charge is -2.42. The van der Waals surface area contributed by atoms with Gasteiger partial charge in [0.2, 0.25) is 0 Å². The first kappa shape index (κ1) is 15.8. The third-order valence-electron chi connectivity index (χ3n) is 5.24. The predicted octanol–water partition coefficient (Wildman–Crippen LogP) is 0.955. The summed E-state index contributed by atoms with van der Waals surface area (Å²) < 4.78 is 1.81. The van der Waals surface area contributed by atoms with Crippen molar-refractivity contribution >= 4 is 16.9 Å². The van der Waals surface area contributed by atoms with Gasteiger partial charge in [0.1, 0.15) is 11.6 Å². The summed E-state index contributed by atoms with van der Waals surface area (Å²) in [6.07, 6.45) is 5.42. The van der Waals surface area contributed by atoms with E-state index in [1.54, 1.807) is 0 Å². The number of aryl methyl sites for hydroxylation is 2. The van der Waals surface area contributed by atoms with Crippen LogP contribution in [0, 0.1) is 12.8 Å². The first-order valence-electron chi connectivity index (χ1n) is 8.92. The van der Waals surface area contributed by atoms with Crippen molar-refractivity contribution in [1.29, 1.82) is 0 Å². The van der Waals surface area contributed by atoms with E-state index in [2.05, 4.69) is 19.9 Å². The number of piperazine rings is 1. The molecule has 24 heavy (non-hydrogen) atoms. The van der Waals surface area contributed by atoms with E-state index in [1.165, 1.54) is 19.4 Å². The first-order valence-corrected chi connectivity index (χ1v) is 8.92. The second-order valence-electron chi connectivity index (χ2n) is 7.15. The van der Waals surface area contributed by atoms with Gasteiger partial charge in [0, 0.05) is 45.9 Å². The number of fused-ring (bicyclic) bond motifs is 1. The molecule has 1 saturated heterocycles. The molecule has 7 heteroatoms. The van der Waals surface area contributed by atoms with Crippen molar-refractivity contribution in [2.45, 2.75) is 32.2 Å². The molecule has 2 aromatic rings. The van der Waals surface area contributed by atoms with Crippen LogP contribution in [-0.2, 0) is 7.05 Å². The Hall–Kier alpha value is -1.73. The summed E-state index contributed by atoms with van der Waals surface area (Å²) in [5.74, 6) is 2.64. The van der Waals surface area contributed by atoms with Gasteiger partial charge in [-0.2, -0.15) is 5.10 Å². The topological polar surface area (TPSA) is 70.3 Å². The summed E-state index contributed by atoms with van der Waals surface area (Å²) in [5.41, 5.74) is 0.886. The molecule has 1 atom stereocenters. The smallest absolute Gasteiger partial charge is 0.163 e. The van der Waals surface area contributed by atoms with Crippen molar-refractivity contribution < 1.29 is 5.11 Å². The highest BCUT2D eigenvalue weighted by atomic mass is 16.3. The van der Waals surface area contributed by atoms with E-state index in [9.17, 15) is 5.11 Å². The van der Waals surface area contributed by atoms with Crippen LogP contribution in [0.5, 0.6) is 0 Å². The maximum absolute atomic E-state index is 9.48. The average molecular weight is 330 g/mol. The van der Waals surface area contributed by atoms with Crippen LogP contribution in [0.3, 0.4) is 0 Å². The molecule has 0 spiro atoms. The number of anilines is 1. The molecular weight excluding hydrogens is 304 g/mol. The number of nitrogens with zero attached hydrogens (tertiary/aromatic N) is 6. The molecule has 130 valence electrons. The van der Waals surface area contributed by atoms with E-state index in [-0.39, 0.29) is 6.61 Å². The van der Waals surface area contributed by atoms with Gasteiger partial charge in [0.25, 0.3) is 0 Å². The monoisotopic (exact) mass is 330 g/mol. The summed E-state index contributed by atoms with van der Waals surface area (Å²) in [6.45, 7) is 6.27. The minimum atomic E-state index is 0.241. The third kappa shape index (κ3) is 2.98. The van der Waals surface area contributed by atoms with Crippen LogP contribution in [-0.4, -0.2) is 68.6 Å². The molecule has 1 saturated carbocycles. The molecule has 1 aliphatic carbocycles. The molecule has 0 bridgehead atoms. The van der Waals surface area contributed by atoms with E-state index in [1.807, 2.05) is 24.9 Å². The second-order valence-corrected chi connectivity index (χ2v) is 7.15. The Balaban J connectivity index is 1.60. The number of hydrogen-bond acceptors (Lipinski definition) is 6. The Morgan fingerprint density at radius 3 is 2.83 bits per heavy atom. The lowest BCUT2D eigenvalue weighted by atomic mass is 10.1. The van der Waals surface area contributed by atoms with Gasteiger partial charge in [-0.3, -0.25) is 9.58 Å². The van der Waals surface area contributed by atoms with Crippen LogP contribution in [0.25, 0.3) is 11.0 Å². The number of aliphatic hydroxyl groups is 1. The minimum absolute atomic E-state index is 0.241. The Bertz CT molecular complexity index is 725. The van der Waals surface area contributed by atoms with Crippen LogP contribution in [0.1, 0.15) is 25.1 Å². The SMILES string of the molecule is Cc1nc(N2CCN(CC3CC3)[C@@H](CCO)C2)c2cnn(C)c2n1. The van der Waals surface area contributed by atoms with Crippen molar-refractivity contribution in [3.05, 3.63) is 12.0 Å². The third-order valence-corrected chi connectivity index (χ3v) is 5.24. The van der Waals surface area contributed by atoms with Gasteiger partial charge in [-0.15, -0.1) is 0 Å². The molecule has 1 aliphatic heterocycles. The number of aromatic nitrogens is 4. The molecule has 2 aliphatic rings. The zero-order valence-electron chi connectivity index (χ0n) is 14.5. The average Bonchev–Trinajstić information content (AvgIpc) is 3.31. The number of aliphatic hydroxyl groups excluding tert-OH is 1. The van der Waals surface area contributed by atoms with Crippen LogP contribution in [0.2, 0.25) is 0 Å². The zero-order chi connectivity index (χ0) is 16.7. The molecule has 7 nitrogen and oxygen atoms in total. The fourth-order valence-electron chi connectivity index (χ4n) is 3.73. The Morgan fingerprint density at radius 2 is 2.08 bits per heavy atom. The molecule has 1 N–H and O–H groups in total.